The van der Waals surface area contributed by atoms with E-state index in [0.29, 0.717) is 11.9 Å². The highest BCUT2D eigenvalue weighted by molar-refractivity contribution is 5.77. The molecule has 19 heavy (non-hydrogen) atoms. The zero-order valence-electron chi connectivity index (χ0n) is 12.9. The number of nitrogens with one attached hydrogen (secondary N) is 1. The molecule has 0 saturated carbocycles. The van der Waals surface area contributed by atoms with Crippen molar-refractivity contribution in [3.8, 4) is 0 Å². The average molecular weight is 261 g/mol. The van der Waals surface area contributed by atoms with Gasteiger partial charge in [0.25, 0.3) is 0 Å². The smallest absolute Gasteiger partial charge is 0.188 e. The molecule has 0 aromatic heterocycles. The number of benzene rings is 1. The van der Waals surface area contributed by atoms with Crippen LogP contribution < -0.4 is 11.1 Å². The summed E-state index contributed by atoms with van der Waals surface area (Å²) in [5.74, 6) is 1.10. The molecular formula is C16H27N3. The molecule has 3 N–H and O–H groups in total. The van der Waals surface area contributed by atoms with Gasteiger partial charge < -0.3 is 11.1 Å². The average Bonchev–Trinajstić information content (AvgIpc) is 2.29. The Bertz CT molecular complexity index is 424. The summed E-state index contributed by atoms with van der Waals surface area (Å²) in [4.78, 5) is 4.30. The highest BCUT2D eigenvalue weighted by Gasteiger charge is 2.03. The highest BCUT2D eigenvalue weighted by Crippen LogP contribution is 2.16. The maximum atomic E-state index is 5.83. The summed E-state index contributed by atoms with van der Waals surface area (Å²) in [6, 6.07) is 4.47. The van der Waals surface area contributed by atoms with E-state index in [4.69, 9.17) is 5.73 Å². The molecule has 0 fully saturated rings. The van der Waals surface area contributed by atoms with E-state index in [1.165, 1.54) is 22.3 Å². The molecule has 0 radical (unpaired) electrons. The Hall–Kier alpha value is -1.51. The first-order valence-electron chi connectivity index (χ1n) is 7.00. The summed E-state index contributed by atoms with van der Waals surface area (Å²) < 4.78 is 0. The molecule has 0 atom stereocenters. The minimum atomic E-state index is 0.543. The van der Waals surface area contributed by atoms with Crippen molar-refractivity contribution in [3.05, 3.63) is 34.4 Å². The van der Waals surface area contributed by atoms with Crippen LogP contribution in [0.5, 0.6) is 0 Å². The molecule has 0 aliphatic heterocycles. The molecule has 0 aliphatic rings. The first-order valence-corrected chi connectivity index (χ1v) is 7.00. The van der Waals surface area contributed by atoms with E-state index in [1.807, 2.05) is 0 Å². The van der Waals surface area contributed by atoms with Crippen LogP contribution in [0.3, 0.4) is 0 Å². The van der Waals surface area contributed by atoms with Gasteiger partial charge in [-0.2, -0.15) is 0 Å². The van der Waals surface area contributed by atoms with Gasteiger partial charge in [0.05, 0.1) is 0 Å². The van der Waals surface area contributed by atoms with E-state index in [-0.39, 0.29) is 0 Å². The first kappa shape index (κ1) is 15.5. The summed E-state index contributed by atoms with van der Waals surface area (Å²) in [6.45, 7) is 12.4. The Morgan fingerprint density at radius 2 is 1.79 bits per heavy atom. The molecule has 106 valence electrons. The summed E-state index contributed by atoms with van der Waals surface area (Å²) in [6.07, 6.45) is 0.982. The van der Waals surface area contributed by atoms with Crippen molar-refractivity contribution >= 4 is 5.96 Å². The van der Waals surface area contributed by atoms with Gasteiger partial charge in [0, 0.05) is 13.1 Å². The predicted octanol–water partition coefficient (Wildman–Crippen LogP) is 2.71. The molecule has 0 heterocycles. The number of nitrogens with two attached hydrogens (primary N) is 1. The molecule has 0 saturated heterocycles. The third-order valence-corrected chi connectivity index (χ3v) is 3.15. The van der Waals surface area contributed by atoms with Crippen LogP contribution >= 0.6 is 0 Å². The van der Waals surface area contributed by atoms with Crippen LogP contribution in [0.4, 0.5) is 0 Å². The molecule has 0 spiro atoms. The van der Waals surface area contributed by atoms with E-state index < -0.39 is 0 Å². The van der Waals surface area contributed by atoms with Crippen molar-refractivity contribution in [1.82, 2.24) is 5.32 Å². The van der Waals surface area contributed by atoms with Gasteiger partial charge in [0.1, 0.15) is 0 Å². The second-order valence-electron chi connectivity index (χ2n) is 5.67. The Labute approximate surface area is 117 Å². The number of aryl methyl sites for hydroxylation is 3. The maximum absolute atomic E-state index is 5.83. The molecule has 0 aliphatic carbocycles. The minimum Gasteiger partial charge on any atom is -0.370 e. The van der Waals surface area contributed by atoms with Crippen LogP contribution in [0.1, 0.15) is 36.1 Å². The summed E-state index contributed by atoms with van der Waals surface area (Å²) in [5, 5.41) is 3.18. The fourth-order valence-corrected chi connectivity index (χ4v) is 2.26. The van der Waals surface area contributed by atoms with Crippen molar-refractivity contribution in [3.63, 3.8) is 0 Å². The van der Waals surface area contributed by atoms with Crippen molar-refractivity contribution in [2.45, 2.75) is 41.0 Å². The number of hydrogen-bond acceptors (Lipinski definition) is 1. The van der Waals surface area contributed by atoms with Gasteiger partial charge in [-0.3, -0.25) is 4.99 Å². The largest absolute Gasteiger partial charge is 0.370 e. The number of nitrogens with zero attached hydrogens (tertiary/aromatic N) is 1. The molecule has 0 bridgehead atoms. The lowest BCUT2D eigenvalue weighted by atomic mass is 9.97. The number of hydrogen-bond donors (Lipinski definition) is 2. The SMILES string of the molecule is Cc1cc(C)c(CCNC(N)=NCC(C)C)c(C)c1. The lowest BCUT2D eigenvalue weighted by Crippen LogP contribution is -2.33. The normalized spacial score (nSPS) is 12.0. The Kier molecular flexibility index (Phi) is 5.87. The van der Waals surface area contributed by atoms with E-state index >= 15 is 0 Å². The number of rotatable bonds is 5. The molecule has 0 amide bonds. The van der Waals surface area contributed by atoms with Gasteiger partial charge in [0.2, 0.25) is 0 Å². The van der Waals surface area contributed by atoms with Crippen LogP contribution in [-0.4, -0.2) is 19.0 Å². The third kappa shape index (κ3) is 5.33. The van der Waals surface area contributed by atoms with Crippen molar-refractivity contribution in [2.75, 3.05) is 13.1 Å². The van der Waals surface area contributed by atoms with Gasteiger partial charge in [-0.15, -0.1) is 0 Å². The topological polar surface area (TPSA) is 50.4 Å². The standard InChI is InChI=1S/C16H27N3/c1-11(2)10-19-16(17)18-7-6-15-13(4)8-12(3)9-14(15)5/h8-9,11H,6-7,10H2,1-5H3,(H3,17,18,19). The summed E-state index contributed by atoms with van der Waals surface area (Å²) in [7, 11) is 0. The van der Waals surface area contributed by atoms with Gasteiger partial charge in [-0.25, -0.2) is 0 Å². The minimum absolute atomic E-state index is 0.543. The molecule has 1 rings (SSSR count). The predicted molar refractivity (Wildman–Crippen MR) is 83.7 cm³/mol. The zero-order valence-corrected chi connectivity index (χ0v) is 12.9. The Morgan fingerprint density at radius 1 is 1.21 bits per heavy atom. The van der Waals surface area contributed by atoms with Gasteiger partial charge >= 0.3 is 0 Å². The first-order chi connectivity index (χ1) is 8.90. The Balaban J connectivity index is 2.52. The molecule has 3 heteroatoms. The molecule has 1 aromatic rings. The monoisotopic (exact) mass is 261 g/mol. The highest BCUT2D eigenvalue weighted by atomic mass is 15.1. The lowest BCUT2D eigenvalue weighted by molar-refractivity contribution is 0.661. The van der Waals surface area contributed by atoms with Crippen LogP contribution in [0, 0.1) is 26.7 Å². The lowest BCUT2D eigenvalue weighted by Gasteiger charge is -2.12. The quantitative estimate of drug-likeness (QED) is 0.632. The van der Waals surface area contributed by atoms with Crippen molar-refractivity contribution in [2.24, 2.45) is 16.6 Å². The van der Waals surface area contributed by atoms with E-state index in [1.54, 1.807) is 0 Å². The summed E-state index contributed by atoms with van der Waals surface area (Å²) >= 11 is 0. The molecule has 0 unspecified atom stereocenters. The Morgan fingerprint density at radius 3 is 2.32 bits per heavy atom. The molecule has 1 aromatic carbocycles. The van der Waals surface area contributed by atoms with Crippen LogP contribution in [0.15, 0.2) is 17.1 Å². The molecule has 3 nitrogen and oxygen atoms in total. The second-order valence-corrected chi connectivity index (χ2v) is 5.67. The van der Waals surface area contributed by atoms with Gasteiger partial charge in [-0.05, 0) is 49.8 Å². The third-order valence-electron chi connectivity index (χ3n) is 3.15. The van der Waals surface area contributed by atoms with E-state index in [9.17, 15) is 0 Å². The van der Waals surface area contributed by atoms with Crippen LogP contribution in [0.25, 0.3) is 0 Å². The maximum Gasteiger partial charge on any atom is 0.188 e. The van der Waals surface area contributed by atoms with E-state index in [0.717, 1.165) is 19.5 Å². The summed E-state index contributed by atoms with van der Waals surface area (Å²) in [5.41, 5.74) is 11.3. The second kappa shape index (κ2) is 7.17. The van der Waals surface area contributed by atoms with Crippen LogP contribution in [0.2, 0.25) is 0 Å². The molecular weight excluding hydrogens is 234 g/mol. The van der Waals surface area contributed by atoms with Crippen molar-refractivity contribution in [1.29, 1.82) is 0 Å². The zero-order chi connectivity index (χ0) is 14.4. The van der Waals surface area contributed by atoms with Gasteiger partial charge in [0.15, 0.2) is 5.96 Å². The number of guanidine groups is 1. The van der Waals surface area contributed by atoms with Gasteiger partial charge in [-0.1, -0.05) is 31.5 Å². The fourth-order valence-electron chi connectivity index (χ4n) is 2.26. The fraction of sp³-hybridized carbons (Fsp3) is 0.562. The van der Waals surface area contributed by atoms with Crippen LogP contribution in [-0.2, 0) is 6.42 Å². The number of aliphatic imine (C=N–C) groups is 1. The van der Waals surface area contributed by atoms with E-state index in [2.05, 4.69) is 57.1 Å². The van der Waals surface area contributed by atoms with Crippen molar-refractivity contribution < 1.29 is 0 Å².